The highest BCUT2D eigenvalue weighted by Gasteiger charge is 2.11. The standard InChI is InChI=1S/C40H66N4O4.2ClH/c1-41(33-35-23-15-17-25-37(35)47-5)29-19-11-13-27-39(45)43(3)31-21-9-7-8-10-22-32-44(4)40(46)28-14-12-20-30-42(2)34-36-24-16-18-26-38(36)48-6;;/h15-18,23-26H,7-14,19-22,27-34H2,1-6H3;2*1H. The Morgan fingerprint density at radius 1 is 0.480 bits per heavy atom. The van der Waals surface area contributed by atoms with Crippen molar-refractivity contribution in [1.82, 2.24) is 19.6 Å². The second-order valence-electron chi connectivity index (χ2n) is 13.5. The number of ether oxygens (including phenoxy) is 2. The van der Waals surface area contributed by atoms with E-state index in [1.165, 1.54) is 24.0 Å². The molecular formula is C40H68Cl2N4O4. The van der Waals surface area contributed by atoms with E-state index in [0.717, 1.165) is 115 Å². The molecule has 0 bridgehead atoms. The van der Waals surface area contributed by atoms with Crippen LogP contribution in [-0.2, 0) is 22.7 Å². The number of hydrogen-bond acceptors (Lipinski definition) is 6. The summed E-state index contributed by atoms with van der Waals surface area (Å²) < 4.78 is 10.9. The van der Waals surface area contributed by atoms with Gasteiger partial charge in [-0.15, -0.1) is 24.8 Å². The summed E-state index contributed by atoms with van der Waals surface area (Å²) in [5, 5.41) is 0. The van der Waals surface area contributed by atoms with Crippen molar-refractivity contribution in [2.24, 2.45) is 0 Å². The summed E-state index contributed by atoms with van der Waals surface area (Å²) >= 11 is 0. The van der Waals surface area contributed by atoms with Gasteiger partial charge in [-0.2, -0.15) is 0 Å². The van der Waals surface area contributed by atoms with Crippen LogP contribution in [0.5, 0.6) is 11.5 Å². The van der Waals surface area contributed by atoms with Crippen molar-refractivity contribution in [3.05, 3.63) is 59.7 Å². The highest BCUT2D eigenvalue weighted by molar-refractivity contribution is 5.85. The number of hydrogen-bond donors (Lipinski definition) is 0. The summed E-state index contributed by atoms with van der Waals surface area (Å²) in [7, 11) is 11.6. The summed E-state index contributed by atoms with van der Waals surface area (Å²) in [6.45, 7) is 5.45. The van der Waals surface area contributed by atoms with Crippen molar-refractivity contribution in [1.29, 1.82) is 0 Å². The van der Waals surface area contributed by atoms with Crippen LogP contribution in [0.3, 0.4) is 0 Å². The topological polar surface area (TPSA) is 65.6 Å². The van der Waals surface area contributed by atoms with Crippen LogP contribution in [0.15, 0.2) is 48.5 Å². The summed E-state index contributed by atoms with van der Waals surface area (Å²) in [5.41, 5.74) is 2.41. The third-order valence-electron chi connectivity index (χ3n) is 9.22. The largest absolute Gasteiger partial charge is 0.496 e. The Morgan fingerprint density at radius 2 is 0.800 bits per heavy atom. The maximum absolute atomic E-state index is 12.5. The first-order valence-electron chi connectivity index (χ1n) is 18.3. The van der Waals surface area contributed by atoms with Gasteiger partial charge in [0.15, 0.2) is 0 Å². The van der Waals surface area contributed by atoms with Crippen molar-refractivity contribution in [2.45, 2.75) is 103 Å². The number of methoxy groups -OCH3 is 2. The monoisotopic (exact) mass is 738 g/mol. The summed E-state index contributed by atoms with van der Waals surface area (Å²) in [6.07, 6.45) is 14.3. The summed E-state index contributed by atoms with van der Waals surface area (Å²) in [6, 6.07) is 16.3. The van der Waals surface area contributed by atoms with Crippen LogP contribution >= 0.6 is 24.8 Å². The first kappa shape index (κ1) is 47.5. The van der Waals surface area contributed by atoms with Gasteiger partial charge >= 0.3 is 0 Å². The molecule has 0 aliphatic heterocycles. The number of halogens is 2. The van der Waals surface area contributed by atoms with Gasteiger partial charge in [0.2, 0.25) is 11.8 Å². The molecule has 50 heavy (non-hydrogen) atoms. The van der Waals surface area contributed by atoms with Gasteiger partial charge < -0.3 is 29.1 Å². The first-order chi connectivity index (χ1) is 23.2. The molecule has 2 rings (SSSR count). The molecule has 0 atom stereocenters. The van der Waals surface area contributed by atoms with Crippen LogP contribution in [0.25, 0.3) is 0 Å². The number of rotatable bonds is 27. The van der Waals surface area contributed by atoms with Gasteiger partial charge in [-0.3, -0.25) is 9.59 Å². The molecule has 0 N–H and O–H groups in total. The van der Waals surface area contributed by atoms with E-state index in [4.69, 9.17) is 9.47 Å². The van der Waals surface area contributed by atoms with Crippen LogP contribution < -0.4 is 9.47 Å². The van der Waals surface area contributed by atoms with Gasteiger partial charge in [-0.1, -0.05) is 74.9 Å². The Morgan fingerprint density at radius 3 is 1.18 bits per heavy atom. The Hall–Kier alpha value is -2.52. The van der Waals surface area contributed by atoms with Crippen molar-refractivity contribution in [3.63, 3.8) is 0 Å². The van der Waals surface area contributed by atoms with Gasteiger partial charge in [0.25, 0.3) is 0 Å². The summed E-state index contributed by atoms with van der Waals surface area (Å²) in [5.74, 6) is 2.41. The molecule has 0 radical (unpaired) electrons. The van der Waals surface area contributed by atoms with Crippen molar-refractivity contribution in [3.8, 4) is 11.5 Å². The lowest BCUT2D eigenvalue weighted by atomic mass is 10.1. The zero-order valence-corrected chi connectivity index (χ0v) is 33.6. The molecule has 0 saturated heterocycles. The van der Waals surface area contributed by atoms with Crippen molar-refractivity contribution >= 4 is 36.6 Å². The molecule has 0 fully saturated rings. The molecule has 2 aromatic carbocycles. The van der Waals surface area contributed by atoms with E-state index >= 15 is 0 Å². The third kappa shape index (κ3) is 20.4. The molecule has 0 spiro atoms. The minimum absolute atomic E-state index is 0. The lowest BCUT2D eigenvalue weighted by Gasteiger charge is -2.19. The van der Waals surface area contributed by atoms with Crippen LogP contribution in [0.4, 0.5) is 0 Å². The number of nitrogens with zero attached hydrogens (tertiary/aromatic N) is 4. The van der Waals surface area contributed by atoms with Gasteiger partial charge in [0.05, 0.1) is 14.2 Å². The minimum Gasteiger partial charge on any atom is -0.496 e. The lowest BCUT2D eigenvalue weighted by Crippen LogP contribution is -2.27. The quantitative estimate of drug-likeness (QED) is 0.0857. The summed E-state index contributed by atoms with van der Waals surface area (Å²) in [4.78, 5) is 33.6. The number of unbranched alkanes of at least 4 members (excludes halogenated alkanes) is 9. The average molecular weight is 740 g/mol. The van der Waals surface area contributed by atoms with E-state index in [1.807, 2.05) is 48.2 Å². The zero-order chi connectivity index (χ0) is 35.0. The fourth-order valence-electron chi connectivity index (χ4n) is 6.11. The number of carbonyl (C=O) groups excluding carboxylic acids is 2. The molecule has 0 unspecified atom stereocenters. The van der Waals surface area contributed by atoms with Crippen molar-refractivity contribution in [2.75, 3.05) is 68.6 Å². The molecule has 0 aliphatic carbocycles. The Balaban J connectivity index is 0.0000120. The number of para-hydroxylation sites is 2. The zero-order valence-electron chi connectivity index (χ0n) is 32.0. The Labute approximate surface area is 317 Å². The molecule has 10 heteroatoms. The lowest BCUT2D eigenvalue weighted by molar-refractivity contribution is -0.130. The van der Waals surface area contributed by atoms with Crippen LogP contribution in [0.2, 0.25) is 0 Å². The van der Waals surface area contributed by atoms with Crippen LogP contribution in [-0.4, -0.2) is 100 Å². The van der Waals surface area contributed by atoms with E-state index < -0.39 is 0 Å². The Bertz CT molecular complexity index is 1080. The fraction of sp³-hybridized carbons (Fsp3) is 0.650. The highest BCUT2D eigenvalue weighted by atomic mass is 35.5. The maximum atomic E-state index is 12.5. The second kappa shape index (κ2) is 29.1. The molecule has 8 nitrogen and oxygen atoms in total. The molecule has 0 aliphatic rings. The number of carbonyl (C=O) groups is 2. The predicted octanol–water partition coefficient (Wildman–Crippen LogP) is 8.49. The number of amides is 2. The predicted molar refractivity (Wildman–Crippen MR) is 213 cm³/mol. The SMILES string of the molecule is COc1ccccc1CN(C)CCCCCC(=O)N(C)CCCCCCCCN(C)C(=O)CCCCCN(C)Cc1ccccc1OC.Cl.Cl. The molecule has 2 amide bonds. The van der Waals surface area contributed by atoms with Gasteiger partial charge in [-0.05, 0) is 77.8 Å². The van der Waals surface area contributed by atoms with E-state index in [1.54, 1.807) is 14.2 Å². The molecule has 0 heterocycles. The van der Waals surface area contributed by atoms with E-state index in [9.17, 15) is 9.59 Å². The van der Waals surface area contributed by atoms with Crippen LogP contribution in [0, 0.1) is 0 Å². The van der Waals surface area contributed by atoms with Crippen molar-refractivity contribution < 1.29 is 19.1 Å². The second-order valence-corrected chi connectivity index (χ2v) is 13.5. The normalized spacial score (nSPS) is 10.8. The Kier molecular flexibility index (Phi) is 27.6. The molecule has 286 valence electrons. The van der Waals surface area contributed by atoms with Gasteiger partial charge in [0, 0.05) is 64.2 Å². The van der Waals surface area contributed by atoms with Gasteiger partial charge in [0.1, 0.15) is 11.5 Å². The maximum Gasteiger partial charge on any atom is 0.222 e. The van der Waals surface area contributed by atoms with E-state index in [0.29, 0.717) is 12.8 Å². The molecule has 0 saturated carbocycles. The molecule has 0 aromatic heterocycles. The third-order valence-corrected chi connectivity index (χ3v) is 9.22. The first-order valence-corrected chi connectivity index (χ1v) is 18.3. The van der Waals surface area contributed by atoms with Crippen LogP contribution in [0.1, 0.15) is 101 Å². The average Bonchev–Trinajstić information content (AvgIpc) is 3.09. The minimum atomic E-state index is 0. The van der Waals surface area contributed by atoms with E-state index in [-0.39, 0.29) is 36.6 Å². The fourth-order valence-corrected chi connectivity index (χ4v) is 6.11. The molecule has 2 aromatic rings. The smallest absolute Gasteiger partial charge is 0.222 e. The van der Waals surface area contributed by atoms with E-state index in [2.05, 4.69) is 48.2 Å². The molecular weight excluding hydrogens is 671 g/mol. The van der Waals surface area contributed by atoms with Gasteiger partial charge in [-0.25, -0.2) is 0 Å². The highest BCUT2D eigenvalue weighted by Crippen LogP contribution is 2.20. The number of benzene rings is 2.